The smallest absolute Gasteiger partial charge is 0.207 e. The third-order valence-electron chi connectivity index (χ3n) is 2.53. The van der Waals surface area contributed by atoms with Crippen molar-refractivity contribution in [3.63, 3.8) is 0 Å². The van der Waals surface area contributed by atoms with Crippen molar-refractivity contribution < 1.29 is 8.42 Å². The third kappa shape index (κ3) is 2.08. The number of rotatable bonds is 4. The van der Waals surface area contributed by atoms with Crippen LogP contribution in [0.2, 0.25) is 0 Å². The standard InChI is InChI=1S/C11H12N2O2S/c12-8-9-13(10-6-7-10)16(14,15)11-4-2-1-3-5-11/h1-5,10H,6-7,9H2. The van der Waals surface area contributed by atoms with Gasteiger partial charge in [0.05, 0.1) is 11.0 Å². The molecule has 0 aromatic heterocycles. The summed E-state index contributed by atoms with van der Waals surface area (Å²) < 4.78 is 25.7. The van der Waals surface area contributed by atoms with Crippen molar-refractivity contribution in [2.24, 2.45) is 0 Å². The number of benzene rings is 1. The van der Waals surface area contributed by atoms with Crippen molar-refractivity contribution in [2.45, 2.75) is 23.8 Å². The van der Waals surface area contributed by atoms with Crippen LogP contribution in [-0.2, 0) is 10.0 Å². The highest BCUT2D eigenvalue weighted by Gasteiger charge is 2.37. The van der Waals surface area contributed by atoms with Gasteiger partial charge in [-0.25, -0.2) is 8.42 Å². The zero-order valence-corrected chi connectivity index (χ0v) is 9.52. The molecule has 1 aromatic rings. The van der Waals surface area contributed by atoms with Crippen molar-refractivity contribution in [2.75, 3.05) is 6.54 Å². The summed E-state index contributed by atoms with van der Waals surface area (Å²) in [5, 5.41) is 8.67. The largest absolute Gasteiger partial charge is 0.244 e. The highest BCUT2D eigenvalue weighted by Crippen LogP contribution is 2.31. The number of nitriles is 1. The SMILES string of the molecule is N#CCN(C1CC1)S(=O)(=O)c1ccccc1. The predicted molar refractivity (Wildman–Crippen MR) is 59.0 cm³/mol. The van der Waals surface area contributed by atoms with Crippen LogP contribution >= 0.6 is 0 Å². The van der Waals surface area contributed by atoms with E-state index in [1.165, 1.54) is 4.31 Å². The number of nitrogens with zero attached hydrogens (tertiary/aromatic N) is 2. The summed E-state index contributed by atoms with van der Waals surface area (Å²) in [5.74, 6) is 0. The maximum Gasteiger partial charge on any atom is 0.244 e. The van der Waals surface area contributed by atoms with E-state index in [-0.39, 0.29) is 17.5 Å². The average Bonchev–Trinajstić information content (AvgIpc) is 3.11. The summed E-state index contributed by atoms with van der Waals surface area (Å²) in [6.45, 7) is -0.0676. The third-order valence-corrected chi connectivity index (χ3v) is 4.44. The number of hydrogen-bond donors (Lipinski definition) is 0. The summed E-state index contributed by atoms with van der Waals surface area (Å²) in [5.41, 5.74) is 0. The molecule has 84 valence electrons. The van der Waals surface area contributed by atoms with Crippen LogP contribution in [0.5, 0.6) is 0 Å². The topological polar surface area (TPSA) is 61.2 Å². The summed E-state index contributed by atoms with van der Waals surface area (Å²) >= 11 is 0. The van der Waals surface area contributed by atoms with Crippen molar-refractivity contribution in [1.82, 2.24) is 4.31 Å². The molecule has 1 fully saturated rings. The van der Waals surface area contributed by atoms with E-state index in [0.717, 1.165) is 12.8 Å². The normalized spacial score (nSPS) is 16.0. The van der Waals surface area contributed by atoms with Gasteiger partial charge in [-0.1, -0.05) is 18.2 Å². The van der Waals surface area contributed by atoms with E-state index in [0.29, 0.717) is 0 Å². The lowest BCUT2D eigenvalue weighted by atomic mass is 10.4. The van der Waals surface area contributed by atoms with E-state index in [2.05, 4.69) is 0 Å². The fourth-order valence-electron chi connectivity index (χ4n) is 1.57. The van der Waals surface area contributed by atoms with E-state index in [9.17, 15) is 8.42 Å². The lowest BCUT2D eigenvalue weighted by molar-refractivity contribution is 0.439. The molecule has 1 saturated carbocycles. The first-order valence-electron chi connectivity index (χ1n) is 5.10. The van der Waals surface area contributed by atoms with E-state index in [4.69, 9.17) is 5.26 Å². The van der Waals surface area contributed by atoms with Crippen LogP contribution in [0.25, 0.3) is 0 Å². The molecule has 1 aromatic carbocycles. The van der Waals surface area contributed by atoms with Gasteiger partial charge in [0.15, 0.2) is 0 Å². The Morgan fingerprint density at radius 1 is 1.31 bits per heavy atom. The van der Waals surface area contributed by atoms with Gasteiger partial charge in [-0.15, -0.1) is 0 Å². The van der Waals surface area contributed by atoms with Gasteiger partial charge in [0.25, 0.3) is 0 Å². The van der Waals surface area contributed by atoms with Crippen LogP contribution < -0.4 is 0 Å². The average molecular weight is 236 g/mol. The fourth-order valence-corrected chi connectivity index (χ4v) is 3.17. The Labute approximate surface area is 95.2 Å². The zero-order chi connectivity index (χ0) is 11.6. The molecule has 5 heteroatoms. The Balaban J connectivity index is 2.34. The van der Waals surface area contributed by atoms with Crippen molar-refractivity contribution in [3.8, 4) is 6.07 Å². The number of sulfonamides is 1. The molecule has 2 rings (SSSR count). The Hall–Kier alpha value is -1.38. The van der Waals surface area contributed by atoms with Gasteiger partial charge in [-0.2, -0.15) is 9.57 Å². The van der Waals surface area contributed by atoms with Crippen LogP contribution in [-0.4, -0.2) is 25.3 Å². The Morgan fingerprint density at radius 3 is 2.44 bits per heavy atom. The quantitative estimate of drug-likeness (QED) is 0.742. The monoisotopic (exact) mass is 236 g/mol. The molecular formula is C11H12N2O2S. The molecule has 0 spiro atoms. The van der Waals surface area contributed by atoms with Gasteiger partial charge in [-0.3, -0.25) is 0 Å². The molecular weight excluding hydrogens is 224 g/mol. The van der Waals surface area contributed by atoms with Gasteiger partial charge in [0, 0.05) is 6.04 Å². The van der Waals surface area contributed by atoms with Crippen LogP contribution in [0, 0.1) is 11.3 Å². The second-order valence-corrected chi connectivity index (χ2v) is 5.64. The second-order valence-electron chi connectivity index (χ2n) is 3.75. The van der Waals surface area contributed by atoms with Crippen LogP contribution in [0.4, 0.5) is 0 Å². The van der Waals surface area contributed by atoms with Crippen LogP contribution in [0.15, 0.2) is 35.2 Å². The fraction of sp³-hybridized carbons (Fsp3) is 0.364. The van der Waals surface area contributed by atoms with E-state index in [1.807, 2.05) is 6.07 Å². The Bertz CT molecular complexity index is 501. The van der Waals surface area contributed by atoms with Gasteiger partial charge >= 0.3 is 0 Å². The van der Waals surface area contributed by atoms with Gasteiger partial charge < -0.3 is 0 Å². The molecule has 0 unspecified atom stereocenters. The molecule has 4 nitrogen and oxygen atoms in total. The molecule has 1 aliphatic carbocycles. The lowest BCUT2D eigenvalue weighted by Gasteiger charge is -2.18. The second kappa shape index (κ2) is 4.24. The van der Waals surface area contributed by atoms with Gasteiger partial charge in [-0.05, 0) is 25.0 Å². The van der Waals surface area contributed by atoms with E-state index >= 15 is 0 Å². The minimum atomic E-state index is -3.49. The van der Waals surface area contributed by atoms with Crippen molar-refractivity contribution in [3.05, 3.63) is 30.3 Å². The molecule has 16 heavy (non-hydrogen) atoms. The highest BCUT2D eigenvalue weighted by molar-refractivity contribution is 7.89. The molecule has 0 aliphatic heterocycles. The first kappa shape index (κ1) is 11.1. The molecule has 0 heterocycles. The van der Waals surface area contributed by atoms with Crippen molar-refractivity contribution >= 4 is 10.0 Å². The summed E-state index contributed by atoms with van der Waals surface area (Å²) in [4.78, 5) is 0.261. The molecule has 0 saturated heterocycles. The predicted octanol–water partition coefficient (Wildman–Crippen LogP) is 1.36. The maximum atomic E-state index is 12.2. The molecule has 1 aliphatic rings. The molecule has 0 radical (unpaired) electrons. The maximum absolute atomic E-state index is 12.2. The minimum Gasteiger partial charge on any atom is -0.207 e. The molecule has 0 atom stereocenters. The molecule has 0 amide bonds. The minimum absolute atomic E-state index is 0.0184. The summed E-state index contributed by atoms with van der Waals surface area (Å²) in [6.07, 6.45) is 1.71. The highest BCUT2D eigenvalue weighted by atomic mass is 32.2. The first-order valence-corrected chi connectivity index (χ1v) is 6.54. The molecule has 0 N–H and O–H groups in total. The first-order chi connectivity index (χ1) is 7.66. The summed E-state index contributed by atoms with van der Waals surface area (Å²) in [7, 11) is -3.49. The molecule has 0 bridgehead atoms. The number of hydrogen-bond acceptors (Lipinski definition) is 3. The van der Waals surface area contributed by atoms with Gasteiger partial charge in [0.1, 0.15) is 6.54 Å². The summed E-state index contributed by atoms with van der Waals surface area (Å²) in [6, 6.07) is 10.2. The van der Waals surface area contributed by atoms with Crippen LogP contribution in [0.3, 0.4) is 0 Å². The van der Waals surface area contributed by atoms with E-state index in [1.54, 1.807) is 30.3 Å². The van der Waals surface area contributed by atoms with E-state index < -0.39 is 10.0 Å². The Morgan fingerprint density at radius 2 is 1.94 bits per heavy atom. The Kier molecular flexibility index (Phi) is 2.95. The van der Waals surface area contributed by atoms with Gasteiger partial charge in [0.2, 0.25) is 10.0 Å². The lowest BCUT2D eigenvalue weighted by Crippen LogP contribution is -2.33. The zero-order valence-electron chi connectivity index (χ0n) is 8.70. The van der Waals surface area contributed by atoms with Crippen LogP contribution in [0.1, 0.15) is 12.8 Å². The van der Waals surface area contributed by atoms with Crippen molar-refractivity contribution in [1.29, 1.82) is 5.26 Å².